The first-order chi connectivity index (χ1) is 9.33. The predicted octanol–water partition coefficient (Wildman–Crippen LogP) is 4.51. The van der Waals surface area contributed by atoms with Crippen LogP contribution in [0.3, 0.4) is 0 Å². The van der Waals surface area contributed by atoms with Crippen molar-refractivity contribution in [3.05, 3.63) is 35.9 Å². The molecule has 2 nitrogen and oxygen atoms in total. The van der Waals surface area contributed by atoms with Gasteiger partial charge in [-0.15, -0.1) is 0 Å². The first kappa shape index (κ1) is 16.8. The topological polar surface area (TPSA) is 21.3 Å². The molecule has 0 spiro atoms. The average Bonchev–Trinajstić information content (AvgIpc) is 2.35. The third kappa shape index (κ3) is 5.79. The molecule has 0 aliphatic heterocycles. The van der Waals surface area contributed by atoms with Crippen LogP contribution in [0.25, 0.3) is 6.08 Å². The first-order valence-corrected chi connectivity index (χ1v) is 7.47. The molecular weight excluding hydrogens is 246 g/mol. The monoisotopic (exact) mass is 275 g/mol. The Balaban J connectivity index is 2.80. The lowest BCUT2D eigenvalue weighted by Crippen LogP contribution is -2.44. The van der Waals surface area contributed by atoms with Gasteiger partial charge in [0.25, 0.3) is 0 Å². The number of hydrogen-bond donors (Lipinski definition) is 1. The van der Waals surface area contributed by atoms with Gasteiger partial charge in [0.2, 0.25) is 0 Å². The standard InChI is InChI=1S/C18H29NO/c1-7-10-15-11-8-9-12-16(15)20-17(14(2)3)13-19-18(4,5)6/h7-12,14,17,19H,13H2,1-6H3. The largest absolute Gasteiger partial charge is 0.488 e. The van der Waals surface area contributed by atoms with Gasteiger partial charge in [-0.2, -0.15) is 0 Å². The zero-order valence-corrected chi connectivity index (χ0v) is 13.7. The second-order valence-corrected chi connectivity index (χ2v) is 6.57. The van der Waals surface area contributed by atoms with Crippen molar-refractivity contribution in [2.45, 2.75) is 53.2 Å². The van der Waals surface area contributed by atoms with Gasteiger partial charge in [0, 0.05) is 17.6 Å². The number of nitrogens with one attached hydrogen (secondary N) is 1. The Morgan fingerprint density at radius 1 is 1.20 bits per heavy atom. The summed E-state index contributed by atoms with van der Waals surface area (Å²) in [6.07, 6.45) is 4.30. The Labute approximate surface area is 124 Å². The minimum atomic E-state index is 0.110. The molecule has 0 bridgehead atoms. The molecule has 0 aliphatic carbocycles. The highest BCUT2D eigenvalue weighted by Crippen LogP contribution is 2.22. The summed E-state index contributed by atoms with van der Waals surface area (Å²) < 4.78 is 6.24. The van der Waals surface area contributed by atoms with Crippen molar-refractivity contribution in [1.29, 1.82) is 0 Å². The van der Waals surface area contributed by atoms with Gasteiger partial charge in [0.15, 0.2) is 0 Å². The third-order valence-electron chi connectivity index (χ3n) is 3.12. The SMILES string of the molecule is CC=Cc1ccccc1OC(CNC(C)(C)C)C(C)C. The molecule has 1 N–H and O–H groups in total. The molecule has 0 fully saturated rings. The first-order valence-electron chi connectivity index (χ1n) is 7.47. The fraction of sp³-hybridized carbons (Fsp3) is 0.556. The van der Waals surface area contributed by atoms with Crippen molar-refractivity contribution in [3.8, 4) is 5.75 Å². The van der Waals surface area contributed by atoms with Crippen LogP contribution in [0.2, 0.25) is 0 Å². The molecule has 1 rings (SSSR count). The van der Waals surface area contributed by atoms with Gasteiger partial charge >= 0.3 is 0 Å². The molecule has 0 saturated heterocycles. The van der Waals surface area contributed by atoms with Gasteiger partial charge in [-0.05, 0) is 39.7 Å². The maximum absolute atomic E-state index is 6.24. The lowest BCUT2D eigenvalue weighted by molar-refractivity contribution is 0.139. The van der Waals surface area contributed by atoms with Crippen LogP contribution in [-0.4, -0.2) is 18.2 Å². The van der Waals surface area contributed by atoms with Crippen LogP contribution in [-0.2, 0) is 0 Å². The van der Waals surface area contributed by atoms with E-state index in [1.165, 1.54) is 0 Å². The van der Waals surface area contributed by atoms with Crippen molar-refractivity contribution in [3.63, 3.8) is 0 Å². The van der Waals surface area contributed by atoms with Gasteiger partial charge in [-0.25, -0.2) is 0 Å². The summed E-state index contributed by atoms with van der Waals surface area (Å²) >= 11 is 0. The van der Waals surface area contributed by atoms with Crippen molar-refractivity contribution in [2.24, 2.45) is 5.92 Å². The number of hydrogen-bond acceptors (Lipinski definition) is 2. The summed E-state index contributed by atoms with van der Waals surface area (Å²) in [4.78, 5) is 0. The van der Waals surface area contributed by atoms with Crippen molar-refractivity contribution >= 4 is 6.08 Å². The Morgan fingerprint density at radius 3 is 2.40 bits per heavy atom. The van der Waals surface area contributed by atoms with Crippen LogP contribution in [0, 0.1) is 5.92 Å². The van der Waals surface area contributed by atoms with Gasteiger partial charge in [0.1, 0.15) is 11.9 Å². The molecular formula is C18H29NO. The van der Waals surface area contributed by atoms with E-state index < -0.39 is 0 Å². The summed E-state index contributed by atoms with van der Waals surface area (Å²) in [5, 5.41) is 3.53. The van der Waals surface area contributed by atoms with Gasteiger partial charge < -0.3 is 10.1 Å². The number of rotatable bonds is 6. The van der Waals surface area contributed by atoms with Crippen LogP contribution in [0.5, 0.6) is 5.75 Å². The van der Waals surface area contributed by atoms with Crippen LogP contribution in [0.15, 0.2) is 30.3 Å². The maximum atomic E-state index is 6.24. The summed E-state index contributed by atoms with van der Waals surface area (Å²) in [6, 6.07) is 8.20. The summed E-state index contributed by atoms with van der Waals surface area (Å²) in [5.74, 6) is 1.42. The highest BCUT2D eigenvalue weighted by Gasteiger charge is 2.19. The highest BCUT2D eigenvalue weighted by atomic mass is 16.5. The van der Waals surface area contributed by atoms with Gasteiger partial charge in [0.05, 0.1) is 0 Å². The van der Waals surface area contributed by atoms with Crippen molar-refractivity contribution in [1.82, 2.24) is 5.32 Å². The number of para-hydroxylation sites is 1. The van der Waals surface area contributed by atoms with E-state index in [0.29, 0.717) is 5.92 Å². The molecule has 0 amide bonds. The maximum Gasteiger partial charge on any atom is 0.127 e. The average molecular weight is 275 g/mol. The number of allylic oxidation sites excluding steroid dienone is 1. The summed E-state index contributed by atoms with van der Waals surface area (Å²) in [5.41, 5.74) is 1.25. The fourth-order valence-electron chi connectivity index (χ4n) is 1.89. The normalized spacial score (nSPS) is 13.9. The van der Waals surface area contributed by atoms with E-state index in [-0.39, 0.29) is 11.6 Å². The lowest BCUT2D eigenvalue weighted by atomic mass is 10.0. The molecule has 112 valence electrons. The van der Waals surface area contributed by atoms with E-state index in [1.54, 1.807) is 0 Å². The quantitative estimate of drug-likeness (QED) is 0.824. The van der Waals surface area contributed by atoms with E-state index in [9.17, 15) is 0 Å². The molecule has 1 atom stereocenters. The Morgan fingerprint density at radius 2 is 1.85 bits per heavy atom. The molecule has 1 aromatic carbocycles. The van der Waals surface area contributed by atoms with Crippen LogP contribution < -0.4 is 10.1 Å². The zero-order valence-electron chi connectivity index (χ0n) is 13.7. The van der Waals surface area contributed by atoms with Crippen molar-refractivity contribution < 1.29 is 4.74 Å². The van der Waals surface area contributed by atoms with Crippen LogP contribution >= 0.6 is 0 Å². The van der Waals surface area contributed by atoms with E-state index >= 15 is 0 Å². The Bertz CT molecular complexity index is 429. The second kappa shape index (κ2) is 7.49. The molecule has 0 aliphatic rings. The molecule has 0 saturated carbocycles. The third-order valence-corrected chi connectivity index (χ3v) is 3.12. The smallest absolute Gasteiger partial charge is 0.127 e. The molecule has 1 aromatic rings. The molecule has 1 unspecified atom stereocenters. The van der Waals surface area contributed by atoms with E-state index in [0.717, 1.165) is 17.9 Å². The molecule has 2 heteroatoms. The minimum Gasteiger partial charge on any atom is -0.488 e. The van der Waals surface area contributed by atoms with Crippen molar-refractivity contribution in [2.75, 3.05) is 6.54 Å². The summed E-state index contributed by atoms with van der Waals surface area (Å²) in [7, 11) is 0. The fourth-order valence-corrected chi connectivity index (χ4v) is 1.89. The molecule has 0 aromatic heterocycles. The van der Waals surface area contributed by atoms with Gasteiger partial charge in [-0.3, -0.25) is 0 Å². The minimum absolute atomic E-state index is 0.110. The van der Waals surface area contributed by atoms with E-state index in [1.807, 2.05) is 31.2 Å². The Kier molecular flexibility index (Phi) is 6.28. The second-order valence-electron chi connectivity index (χ2n) is 6.57. The van der Waals surface area contributed by atoms with Crippen LogP contribution in [0.4, 0.5) is 0 Å². The lowest BCUT2D eigenvalue weighted by Gasteiger charge is -2.28. The molecule has 0 heterocycles. The van der Waals surface area contributed by atoms with Gasteiger partial charge in [-0.1, -0.05) is 44.2 Å². The van der Waals surface area contributed by atoms with E-state index in [2.05, 4.69) is 52.1 Å². The van der Waals surface area contributed by atoms with Crippen LogP contribution in [0.1, 0.15) is 47.1 Å². The predicted molar refractivity (Wildman–Crippen MR) is 88.2 cm³/mol. The highest BCUT2D eigenvalue weighted by molar-refractivity contribution is 5.56. The summed E-state index contributed by atoms with van der Waals surface area (Å²) in [6.45, 7) is 13.8. The molecule has 20 heavy (non-hydrogen) atoms. The number of ether oxygens (including phenoxy) is 1. The zero-order chi connectivity index (χ0) is 15.2. The number of benzene rings is 1. The van der Waals surface area contributed by atoms with E-state index in [4.69, 9.17) is 4.74 Å². The molecule has 0 radical (unpaired) electrons. The Hall–Kier alpha value is -1.28.